The molecule has 0 aliphatic carbocycles. The van der Waals surface area contributed by atoms with Gasteiger partial charge in [-0.15, -0.1) is 11.8 Å². The van der Waals surface area contributed by atoms with E-state index in [0.717, 1.165) is 22.9 Å². The molecule has 0 unspecified atom stereocenters. The zero-order valence-corrected chi connectivity index (χ0v) is 12.0. The Kier molecular flexibility index (Phi) is 4.85. The highest BCUT2D eigenvalue weighted by molar-refractivity contribution is 8.00. The Bertz CT molecular complexity index is 574. The zero-order valence-electron chi connectivity index (χ0n) is 11.2. The topological polar surface area (TPSA) is 94.9 Å². The van der Waals surface area contributed by atoms with Crippen LogP contribution in [-0.2, 0) is 27.3 Å². The summed E-state index contributed by atoms with van der Waals surface area (Å²) in [7, 11) is 0. The Hall–Kier alpha value is -2.02. The number of nitrogens with zero attached hydrogens (tertiary/aromatic N) is 1. The van der Waals surface area contributed by atoms with Crippen LogP contribution in [0, 0.1) is 0 Å². The summed E-state index contributed by atoms with van der Waals surface area (Å²) in [5, 5.41) is 17.9. The summed E-state index contributed by atoms with van der Waals surface area (Å²) >= 11 is 0.974. The molecule has 0 bridgehead atoms. The Morgan fingerprint density at radius 1 is 1.14 bits per heavy atom. The Balaban J connectivity index is 2.11. The lowest BCUT2D eigenvalue weighted by Gasteiger charge is -2.34. The van der Waals surface area contributed by atoms with E-state index in [0.29, 0.717) is 0 Å². The smallest absolute Gasteiger partial charge is 0.326 e. The number of carbonyl (C=O) groups excluding carboxylic acids is 1. The third-order valence-corrected chi connectivity index (χ3v) is 4.21. The number of hydrogen-bond donors (Lipinski definition) is 2. The first-order valence-electron chi connectivity index (χ1n) is 6.37. The highest BCUT2D eigenvalue weighted by atomic mass is 32.2. The first kappa shape index (κ1) is 15.4. The van der Waals surface area contributed by atoms with Gasteiger partial charge in [0.2, 0.25) is 5.91 Å². The number of carboxylic acid groups (broad SMARTS) is 2. The minimum Gasteiger partial charge on any atom is -0.481 e. The van der Waals surface area contributed by atoms with Crippen LogP contribution in [0.3, 0.4) is 0 Å². The largest absolute Gasteiger partial charge is 0.481 e. The summed E-state index contributed by atoms with van der Waals surface area (Å²) in [4.78, 5) is 35.3. The second-order valence-corrected chi connectivity index (χ2v) is 5.72. The van der Waals surface area contributed by atoms with E-state index in [1.807, 2.05) is 24.3 Å². The van der Waals surface area contributed by atoms with Crippen molar-refractivity contribution in [3.05, 3.63) is 35.4 Å². The molecule has 1 aromatic rings. The second kappa shape index (κ2) is 6.62. The molecule has 2 rings (SSSR count). The lowest BCUT2D eigenvalue weighted by Crippen LogP contribution is -2.49. The van der Waals surface area contributed by atoms with Crippen molar-refractivity contribution < 1.29 is 24.6 Å². The predicted octanol–water partition coefficient (Wildman–Crippen LogP) is 0.842. The molecule has 0 aromatic heterocycles. The minimum atomic E-state index is -1.04. The van der Waals surface area contributed by atoms with Crippen molar-refractivity contribution in [1.82, 2.24) is 4.90 Å². The van der Waals surface area contributed by atoms with E-state index < -0.39 is 18.0 Å². The maximum atomic E-state index is 12.2. The zero-order chi connectivity index (χ0) is 15.4. The lowest BCUT2D eigenvalue weighted by atomic mass is 9.94. The molecule has 112 valence electrons. The van der Waals surface area contributed by atoms with Gasteiger partial charge in [0.15, 0.2) is 0 Å². The number of hydrogen-bond acceptors (Lipinski definition) is 4. The van der Waals surface area contributed by atoms with Crippen LogP contribution < -0.4 is 0 Å². The predicted molar refractivity (Wildman–Crippen MR) is 77.1 cm³/mol. The molecule has 2 N–H and O–H groups in total. The van der Waals surface area contributed by atoms with Crippen molar-refractivity contribution in [2.45, 2.75) is 19.0 Å². The van der Waals surface area contributed by atoms with Crippen LogP contribution in [0.1, 0.15) is 11.1 Å². The number of thioether (sulfide) groups is 1. The van der Waals surface area contributed by atoms with Crippen LogP contribution in [0.25, 0.3) is 0 Å². The Labute approximate surface area is 125 Å². The third kappa shape index (κ3) is 3.75. The van der Waals surface area contributed by atoms with Crippen LogP contribution in [0.5, 0.6) is 0 Å². The molecule has 1 aliphatic heterocycles. The molecule has 1 amide bonds. The first-order chi connectivity index (χ1) is 9.99. The molecule has 0 saturated carbocycles. The molecular weight excluding hydrogens is 294 g/mol. The molecule has 6 nitrogen and oxygen atoms in total. The van der Waals surface area contributed by atoms with Crippen molar-refractivity contribution in [2.75, 3.05) is 11.5 Å². The number of carboxylic acids is 2. The summed E-state index contributed by atoms with van der Waals surface area (Å²) in [5.41, 5.74) is 1.87. The van der Waals surface area contributed by atoms with Gasteiger partial charge < -0.3 is 15.1 Å². The van der Waals surface area contributed by atoms with E-state index in [9.17, 15) is 19.5 Å². The molecule has 0 spiro atoms. The van der Waals surface area contributed by atoms with Gasteiger partial charge in [0.1, 0.15) is 6.04 Å². The SMILES string of the molecule is O=C(O)CSCC(=O)N1Cc2ccccc2C[C@@H]1C(=O)O. The third-order valence-electron chi connectivity index (χ3n) is 3.31. The number of carbonyl (C=O) groups is 3. The number of fused-ring (bicyclic) bond motifs is 1. The lowest BCUT2D eigenvalue weighted by molar-refractivity contribution is -0.150. The number of rotatable bonds is 5. The molecule has 0 fully saturated rings. The van der Waals surface area contributed by atoms with E-state index >= 15 is 0 Å². The van der Waals surface area contributed by atoms with E-state index in [1.54, 1.807) is 0 Å². The van der Waals surface area contributed by atoms with E-state index in [-0.39, 0.29) is 30.4 Å². The van der Waals surface area contributed by atoms with E-state index in [1.165, 1.54) is 4.90 Å². The van der Waals surface area contributed by atoms with Crippen molar-refractivity contribution in [3.8, 4) is 0 Å². The highest BCUT2D eigenvalue weighted by Crippen LogP contribution is 2.24. The van der Waals surface area contributed by atoms with Crippen LogP contribution in [0.4, 0.5) is 0 Å². The van der Waals surface area contributed by atoms with Crippen molar-refractivity contribution >= 4 is 29.6 Å². The minimum absolute atomic E-state index is 0.0295. The Morgan fingerprint density at radius 2 is 1.81 bits per heavy atom. The average molecular weight is 309 g/mol. The average Bonchev–Trinajstić information content (AvgIpc) is 2.45. The molecule has 0 radical (unpaired) electrons. The summed E-state index contributed by atoms with van der Waals surface area (Å²) in [6.45, 7) is 0.250. The van der Waals surface area contributed by atoms with Crippen LogP contribution in [-0.4, -0.2) is 50.5 Å². The van der Waals surface area contributed by atoms with Gasteiger partial charge in [0, 0.05) is 13.0 Å². The fourth-order valence-electron chi connectivity index (χ4n) is 2.31. The van der Waals surface area contributed by atoms with Crippen molar-refractivity contribution in [2.24, 2.45) is 0 Å². The number of amides is 1. The van der Waals surface area contributed by atoms with E-state index in [4.69, 9.17) is 5.11 Å². The molecule has 1 aromatic carbocycles. The summed E-state index contributed by atoms with van der Waals surface area (Å²) in [6.07, 6.45) is 0.279. The summed E-state index contributed by atoms with van der Waals surface area (Å²) < 4.78 is 0. The van der Waals surface area contributed by atoms with E-state index in [2.05, 4.69) is 0 Å². The second-order valence-electron chi connectivity index (χ2n) is 4.74. The molecule has 1 heterocycles. The molecule has 21 heavy (non-hydrogen) atoms. The number of benzene rings is 1. The first-order valence-corrected chi connectivity index (χ1v) is 7.53. The fourth-order valence-corrected chi connectivity index (χ4v) is 2.93. The molecule has 1 aliphatic rings. The van der Waals surface area contributed by atoms with Gasteiger partial charge in [0.05, 0.1) is 11.5 Å². The molecule has 0 saturated heterocycles. The van der Waals surface area contributed by atoms with Gasteiger partial charge in [-0.3, -0.25) is 9.59 Å². The fraction of sp³-hybridized carbons (Fsp3) is 0.357. The maximum Gasteiger partial charge on any atom is 0.326 e. The summed E-state index contributed by atoms with van der Waals surface area (Å²) in [5.74, 6) is -2.58. The quantitative estimate of drug-likeness (QED) is 0.837. The molecule has 7 heteroatoms. The van der Waals surface area contributed by atoms with Crippen LogP contribution in [0.2, 0.25) is 0 Å². The molecular formula is C14H15NO5S. The maximum absolute atomic E-state index is 12.2. The summed E-state index contributed by atoms with van der Waals surface area (Å²) in [6, 6.07) is 6.54. The van der Waals surface area contributed by atoms with Crippen LogP contribution >= 0.6 is 11.8 Å². The van der Waals surface area contributed by atoms with Gasteiger partial charge in [-0.2, -0.15) is 0 Å². The Morgan fingerprint density at radius 3 is 2.43 bits per heavy atom. The normalized spacial score (nSPS) is 17.1. The van der Waals surface area contributed by atoms with Crippen molar-refractivity contribution in [3.63, 3.8) is 0 Å². The molecule has 1 atom stereocenters. The van der Waals surface area contributed by atoms with Gasteiger partial charge in [-0.1, -0.05) is 24.3 Å². The van der Waals surface area contributed by atoms with Gasteiger partial charge >= 0.3 is 11.9 Å². The number of aliphatic carboxylic acids is 2. The monoisotopic (exact) mass is 309 g/mol. The highest BCUT2D eigenvalue weighted by Gasteiger charge is 2.34. The van der Waals surface area contributed by atoms with Gasteiger partial charge in [-0.25, -0.2) is 4.79 Å². The van der Waals surface area contributed by atoms with Crippen LogP contribution in [0.15, 0.2) is 24.3 Å². The van der Waals surface area contributed by atoms with Crippen molar-refractivity contribution in [1.29, 1.82) is 0 Å². The standard InChI is InChI=1S/C14H15NO5S/c16-12(7-21-8-13(17)18)15-6-10-4-2-1-3-9(10)5-11(15)14(19)20/h1-4,11H,5-8H2,(H,17,18)(H,19,20)/t11-/m1/s1. The van der Waals surface area contributed by atoms with Gasteiger partial charge in [-0.05, 0) is 11.1 Å². The van der Waals surface area contributed by atoms with Gasteiger partial charge in [0.25, 0.3) is 0 Å².